The van der Waals surface area contributed by atoms with Crippen LogP contribution in [-0.2, 0) is 4.79 Å². The van der Waals surface area contributed by atoms with Gasteiger partial charge < -0.3 is 14.9 Å². The summed E-state index contributed by atoms with van der Waals surface area (Å²) in [7, 11) is 4.62. The van der Waals surface area contributed by atoms with E-state index in [1.807, 2.05) is 0 Å². The van der Waals surface area contributed by atoms with E-state index in [0.717, 1.165) is 6.07 Å². The first kappa shape index (κ1) is 16.7. The molecule has 0 aliphatic heterocycles. The lowest BCUT2D eigenvalue weighted by Gasteiger charge is -2.19. The highest BCUT2D eigenvalue weighted by molar-refractivity contribution is 5.98. The predicted octanol–water partition coefficient (Wildman–Crippen LogP) is 0.330. The van der Waals surface area contributed by atoms with Crippen molar-refractivity contribution < 1.29 is 19.1 Å². The zero-order valence-electron chi connectivity index (χ0n) is 12.2. The van der Waals surface area contributed by atoms with Crippen LogP contribution in [-0.4, -0.2) is 61.0 Å². The third-order valence-corrected chi connectivity index (χ3v) is 2.73. The molecule has 1 aromatic carbocycles. The maximum Gasteiger partial charge on any atom is 0.255 e. The molecule has 0 saturated carbocycles. The van der Waals surface area contributed by atoms with Gasteiger partial charge in [0.15, 0.2) is 0 Å². The summed E-state index contributed by atoms with van der Waals surface area (Å²) in [5.74, 6) is 3.69. The number of carbonyl (C=O) groups is 2. The second-order valence-electron chi connectivity index (χ2n) is 4.60. The Morgan fingerprint density at radius 1 is 1.29 bits per heavy atom. The number of amides is 2. The topological polar surface area (TPSA) is 60.9 Å². The first-order valence-electron chi connectivity index (χ1n) is 6.21. The number of aliphatic hydroxyl groups is 1. The van der Waals surface area contributed by atoms with Crippen LogP contribution in [0.3, 0.4) is 0 Å². The van der Waals surface area contributed by atoms with Crippen molar-refractivity contribution in [1.82, 2.24) is 9.80 Å². The van der Waals surface area contributed by atoms with Crippen LogP contribution in [0.5, 0.6) is 0 Å². The van der Waals surface area contributed by atoms with Crippen LogP contribution in [0, 0.1) is 17.7 Å². The van der Waals surface area contributed by atoms with Crippen molar-refractivity contribution in [2.24, 2.45) is 0 Å². The SMILES string of the molecule is CN(C)C(=O)CN(C)C(=O)c1cc(F)ccc1C#CCO. The van der Waals surface area contributed by atoms with E-state index in [-0.39, 0.29) is 24.6 Å². The number of hydrogen-bond donors (Lipinski definition) is 1. The minimum absolute atomic E-state index is 0.0602. The van der Waals surface area contributed by atoms with Crippen molar-refractivity contribution in [2.75, 3.05) is 34.3 Å². The molecule has 6 heteroatoms. The third-order valence-electron chi connectivity index (χ3n) is 2.73. The Morgan fingerprint density at radius 3 is 2.52 bits per heavy atom. The molecule has 0 aromatic heterocycles. The molecular weight excluding hydrogens is 275 g/mol. The Hall–Kier alpha value is -2.39. The molecule has 1 N–H and O–H groups in total. The molecule has 0 heterocycles. The van der Waals surface area contributed by atoms with E-state index in [4.69, 9.17) is 5.11 Å². The molecule has 0 radical (unpaired) electrons. The highest BCUT2D eigenvalue weighted by Gasteiger charge is 2.19. The molecule has 2 amide bonds. The zero-order chi connectivity index (χ0) is 16.0. The Kier molecular flexibility index (Phi) is 5.88. The smallest absolute Gasteiger partial charge is 0.255 e. The highest BCUT2D eigenvalue weighted by atomic mass is 19.1. The first-order valence-corrected chi connectivity index (χ1v) is 6.21. The number of carbonyl (C=O) groups excluding carboxylic acids is 2. The Labute approximate surface area is 123 Å². The molecule has 5 nitrogen and oxygen atoms in total. The van der Waals surface area contributed by atoms with Gasteiger partial charge in [0.2, 0.25) is 5.91 Å². The Morgan fingerprint density at radius 2 is 1.95 bits per heavy atom. The van der Waals surface area contributed by atoms with Crippen LogP contribution in [0.4, 0.5) is 4.39 Å². The molecule has 0 bridgehead atoms. The van der Waals surface area contributed by atoms with Gasteiger partial charge in [0.25, 0.3) is 5.91 Å². The molecule has 0 saturated heterocycles. The number of hydrogen-bond acceptors (Lipinski definition) is 3. The summed E-state index contributed by atoms with van der Waals surface area (Å²) in [6.07, 6.45) is 0. The van der Waals surface area contributed by atoms with Gasteiger partial charge in [0.05, 0.1) is 12.1 Å². The van der Waals surface area contributed by atoms with E-state index in [1.54, 1.807) is 14.1 Å². The van der Waals surface area contributed by atoms with Crippen LogP contribution in [0.2, 0.25) is 0 Å². The molecular formula is C15H17FN2O3. The van der Waals surface area contributed by atoms with Crippen LogP contribution in [0.1, 0.15) is 15.9 Å². The quantitative estimate of drug-likeness (QED) is 0.817. The van der Waals surface area contributed by atoms with E-state index < -0.39 is 11.7 Å². The standard InChI is InChI=1S/C15H17FN2O3/c1-17(2)14(20)10-18(3)15(21)13-9-12(16)7-6-11(13)5-4-8-19/h6-7,9,19H,8,10H2,1-3H3. The van der Waals surface area contributed by atoms with E-state index in [2.05, 4.69) is 11.8 Å². The number of nitrogens with zero attached hydrogens (tertiary/aromatic N) is 2. The van der Waals surface area contributed by atoms with E-state index >= 15 is 0 Å². The molecule has 1 aromatic rings. The van der Waals surface area contributed by atoms with Gasteiger partial charge in [-0.15, -0.1) is 0 Å². The lowest BCUT2D eigenvalue weighted by atomic mass is 10.1. The Balaban J connectivity index is 3.05. The fourth-order valence-corrected chi connectivity index (χ4v) is 1.56. The number of halogens is 1. The summed E-state index contributed by atoms with van der Waals surface area (Å²) in [5, 5.41) is 8.71. The maximum absolute atomic E-state index is 13.3. The van der Waals surface area contributed by atoms with E-state index in [9.17, 15) is 14.0 Å². The number of likely N-dealkylation sites (N-methyl/N-ethyl adjacent to an activating group) is 2. The van der Waals surface area contributed by atoms with Crippen LogP contribution < -0.4 is 0 Å². The fourth-order valence-electron chi connectivity index (χ4n) is 1.56. The maximum atomic E-state index is 13.3. The second-order valence-corrected chi connectivity index (χ2v) is 4.60. The van der Waals surface area contributed by atoms with Crippen LogP contribution in [0.25, 0.3) is 0 Å². The summed E-state index contributed by atoms with van der Waals surface area (Å²) < 4.78 is 13.3. The van der Waals surface area contributed by atoms with Crippen molar-refractivity contribution in [3.8, 4) is 11.8 Å². The second kappa shape index (κ2) is 7.41. The third kappa shape index (κ3) is 4.58. The van der Waals surface area contributed by atoms with Crippen molar-refractivity contribution in [1.29, 1.82) is 0 Å². The normalized spacial score (nSPS) is 9.57. The number of rotatable bonds is 3. The number of aliphatic hydroxyl groups excluding tert-OH is 1. The first-order chi connectivity index (χ1) is 9.86. The van der Waals surface area contributed by atoms with Gasteiger partial charge in [0.1, 0.15) is 12.4 Å². The Bertz CT molecular complexity index is 603. The van der Waals surface area contributed by atoms with Crippen molar-refractivity contribution in [2.45, 2.75) is 0 Å². The summed E-state index contributed by atoms with van der Waals surface area (Å²) in [6, 6.07) is 3.62. The lowest BCUT2D eigenvalue weighted by Crippen LogP contribution is -2.38. The van der Waals surface area contributed by atoms with Crippen molar-refractivity contribution >= 4 is 11.8 Å². The number of benzene rings is 1. The molecule has 0 unspecified atom stereocenters. The minimum atomic E-state index is -0.569. The average Bonchev–Trinajstić information content (AvgIpc) is 2.44. The average molecular weight is 292 g/mol. The molecule has 0 fully saturated rings. The van der Waals surface area contributed by atoms with Crippen molar-refractivity contribution in [3.05, 3.63) is 35.1 Å². The summed E-state index contributed by atoms with van der Waals surface area (Å²) in [5.41, 5.74) is 0.365. The molecule has 0 aliphatic rings. The minimum Gasteiger partial charge on any atom is -0.384 e. The van der Waals surface area contributed by atoms with Gasteiger partial charge in [-0.2, -0.15) is 0 Å². The largest absolute Gasteiger partial charge is 0.384 e. The zero-order valence-corrected chi connectivity index (χ0v) is 12.2. The molecule has 112 valence electrons. The van der Waals surface area contributed by atoms with Gasteiger partial charge >= 0.3 is 0 Å². The fraction of sp³-hybridized carbons (Fsp3) is 0.333. The summed E-state index contributed by atoms with van der Waals surface area (Å²) >= 11 is 0. The van der Waals surface area contributed by atoms with Gasteiger partial charge in [-0.1, -0.05) is 11.8 Å². The monoisotopic (exact) mass is 292 g/mol. The van der Waals surface area contributed by atoms with E-state index in [0.29, 0.717) is 5.56 Å². The van der Waals surface area contributed by atoms with Gasteiger partial charge in [-0.3, -0.25) is 9.59 Å². The molecule has 0 aliphatic carbocycles. The predicted molar refractivity (Wildman–Crippen MR) is 76.0 cm³/mol. The molecule has 1 rings (SSSR count). The van der Waals surface area contributed by atoms with Gasteiger partial charge in [-0.05, 0) is 18.2 Å². The van der Waals surface area contributed by atoms with Gasteiger partial charge in [-0.25, -0.2) is 4.39 Å². The van der Waals surface area contributed by atoms with E-state index in [1.165, 1.54) is 29.0 Å². The van der Waals surface area contributed by atoms with Crippen LogP contribution in [0.15, 0.2) is 18.2 Å². The van der Waals surface area contributed by atoms with Gasteiger partial charge in [0, 0.05) is 26.7 Å². The summed E-state index contributed by atoms with van der Waals surface area (Å²) in [4.78, 5) is 26.5. The molecule has 21 heavy (non-hydrogen) atoms. The van der Waals surface area contributed by atoms with Crippen molar-refractivity contribution in [3.63, 3.8) is 0 Å². The molecule has 0 atom stereocenters. The molecule has 0 spiro atoms. The highest BCUT2D eigenvalue weighted by Crippen LogP contribution is 2.13. The lowest BCUT2D eigenvalue weighted by molar-refractivity contribution is -0.129. The van der Waals surface area contributed by atoms with Crippen LogP contribution >= 0.6 is 0 Å². The summed E-state index contributed by atoms with van der Waals surface area (Å²) in [6.45, 7) is -0.477.